The smallest absolute Gasteiger partial charge is 0.248 e. The van der Waals surface area contributed by atoms with Gasteiger partial charge in [0.2, 0.25) is 5.91 Å². The van der Waals surface area contributed by atoms with Crippen molar-refractivity contribution in [3.63, 3.8) is 0 Å². The van der Waals surface area contributed by atoms with Gasteiger partial charge in [-0.2, -0.15) is 0 Å². The Hall–Kier alpha value is -2.00. The third kappa shape index (κ3) is 3.48. The summed E-state index contributed by atoms with van der Waals surface area (Å²) in [6.45, 7) is 2.37. The number of aryl methyl sites for hydroxylation is 1. The number of benzene rings is 2. The quantitative estimate of drug-likeness (QED) is 0.930. The lowest BCUT2D eigenvalue weighted by atomic mass is 10.1. The van der Waals surface area contributed by atoms with Crippen LogP contribution in [0.4, 0.5) is 0 Å². The molecule has 2 aromatic rings. The number of hydrogen-bond acceptors (Lipinski definition) is 2. The molecule has 2 aromatic carbocycles. The van der Waals surface area contributed by atoms with Crippen molar-refractivity contribution in [2.75, 3.05) is 0 Å². The SMILES string of the molecule is Cc1ccc(OCc2ccc(C(N)=O)cc2Cl)cc1. The summed E-state index contributed by atoms with van der Waals surface area (Å²) in [6, 6.07) is 12.7. The van der Waals surface area contributed by atoms with Gasteiger partial charge in [0, 0.05) is 16.1 Å². The number of hydrogen-bond donors (Lipinski definition) is 1. The Labute approximate surface area is 117 Å². The van der Waals surface area contributed by atoms with Crippen LogP contribution >= 0.6 is 11.6 Å². The molecule has 0 fully saturated rings. The van der Waals surface area contributed by atoms with Gasteiger partial charge in [0.25, 0.3) is 0 Å². The minimum Gasteiger partial charge on any atom is -0.489 e. The van der Waals surface area contributed by atoms with E-state index in [0.717, 1.165) is 11.3 Å². The molecule has 0 saturated carbocycles. The van der Waals surface area contributed by atoms with Crippen LogP contribution in [0.5, 0.6) is 5.75 Å². The van der Waals surface area contributed by atoms with Crippen LogP contribution in [-0.2, 0) is 6.61 Å². The molecule has 4 heteroatoms. The van der Waals surface area contributed by atoms with Crippen molar-refractivity contribution in [1.29, 1.82) is 0 Å². The predicted molar refractivity (Wildman–Crippen MR) is 75.5 cm³/mol. The van der Waals surface area contributed by atoms with Gasteiger partial charge < -0.3 is 10.5 Å². The predicted octanol–water partition coefficient (Wildman–Crippen LogP) is 3.33. The monoisotopic (exact) mass is 275 g/mol. The van der Waals surface area contributed by atoms with E-state index in [1.165, 1.54) is 5.56 Å². The van der Waals surface area contributed by atoms with E-state index in [1.54, 1.807) is 18.2 Å². The van der Waals surface area contributed by atoms with Crippen LogP contribution in [0, 0.1) is 6.92 Å². The van der Waals surface area contributed by atoms with Gasteiger partial charge >= 0.3 is 0 Å². The number of ether oxygens (including phenoxy) is 1. The average Bonchev–Trinajstić information content (AvgIpc) is 2.39. The second-order valence-corrected chi connectivity index (χ2v) is 4.68. The Kier molecular flexibility index (Phi) is 4.07. The van der Waals surface area contributed by atoms with Gasteiger partial charge in [0.1, 0.15) is 12.4 Å². The average molecular weight is 276 g/mol. The van der Waals surface area contributed by atoms with E-state index in [2.05, 4.69) is 0 Å². The largest absolute Gasteiger partial charge is 0.489 e. The summed E-state index contributed by atoms with van der Waals surface area (Å²) in [7, 11) is 0. The Balaban J connectivity index is 2.07. The van der Waals surface area contributed by atoms with E-state index in [9.17, 15) is 4.79 Å². The van der Waals surface area contributed by atoms with Gasteiger partial charge in [0.05, 0.1) is 0 Å². The van der Waals surface area contributed by atoms with Crippen LogP contribution in [0.15, 0.2) is 42.5 Å². The highest BCUT2D eigenvalue weighted by Gasteiger charge is 2.06. The zero-order chi connectivity index (χ0) is 13.8. The third-order valence-corrected chi connectivity index (χ3v) is 3.10. The van der Waals surface area contributed by atoms with Crippen molar-refractivity contribution in [2.45, 2.75) is 13.5 Å². The Bertz CT molecular complexity index is 594. The highest BCUT2D eigenvalue weighted by Crippen LogP contribution is 2.20. The molecule has 0 radical (unpaired) electrons. The van der Waals surface area contributed by atoms with Crippen molar-refractivity contribution in [3.8, 4) is 5.75 Å². The van der Waals surface area contributed by atoms with Gasteiger partial charge in [-0.15, -0.1) is 0 Å². The van der Waals surface area contributed by atoms with Gasteiger partial charge in [-0.1, -0.05) is 35.4 Å². The molecule has 98 valence electrons. The number of carbonyl (C=O) groups excluding carboxylic acids is 1. The maximum Gasteiger partial charge on any atom is 0.248 e. The van der Waals surface area contributed by atoms with Crippen LogP contribution in [-0.4, -0.2) is 5.91 Å². The molecule has 0 heterocycles. The number of primary amides is 1. The lowest BCUT2D eigenvalue weighted by Gasteiger charge is -2.08. The second-order valence-electron chi connectivity index (χ2n) is 4.27. The van der Waals surface area contributed by atoms with Gasteiger partial charge in [-0.25, -0.2) is 0 Å². The first-order chi connectivity index (χ1) is 9.06. The maximum atomic E-state index is 11.0. The summed E-state index contributed by atoms with van der Waals surface area (Å²) in [4.78, 5) is 11.0. The standard InChI is InChI=1S/C15H14ClNO2/c1-10-2-6-13(7-3-10)19-9-12-5-4-11(15(17)18)8-14(12)16/h2-8H,9H2,1H3,(H2,17,18). The topological polar surface area (TPSA) is 52.3 Å². The van der Waals surface area contributed by atoms with Gasteiger partial charge in [-0.3, -0.25) is 4.79 Å². The summed E-state index contributed by atoms with van der Waals surface area (Å²) < 4.78 is 5.63. The minimum atomic E-state index is -0.493. The molecule has 2 rings (SSSR count). The molecule has 19 heavy (non-hydrogen) atoms. The van der Waals surface area contributed by atoms with Crippen LogP contribution in [0.25, 0.3) is 0 Å². The zero-order valence-corrected chi connectivity index (χ0v) is 11.3. The number of halogens is 1. The van der Waals surface area contributed by atoms with Crippen LogP contribution in [0.1, 0.15) is 21.5 Å². The van der Waals surface area contributed by atoms with Crippen LogP contribution in [0.2, 0.25) is 5.02 Å². The number of carbonyl (C=O) groups is 1. The van der Waals surface area contributed by atoms with Crippen molar-refractivity contribution in [2.24, 2.45) is 5.73 Å². The molecule has 0 aliphatic carbocycles. The fraction of sp³-hybridized carbons (Fsp3) is 0.133. The fourth-order valence-corrected chi connectivity index (χ4v) is 1.85. The first-order valence-electron chi connectivity index (χ1n) is 5.84. The molecule has 0 aromatic heterocycles. The van der Waals surface area contributed by atoms with E-state index >= 15 is 0 Å². The highest BCUT2D eigenvalue weighted by atomic mass is 35.5. The van der Waals surface area contributed by atoms with Crippen molar-refractivity contribution >= 4 is 17.5 Å². The van der Waals surface area contributed by atoms with E-state index in [4.69, 9.17) is 22.1 Å². The normalized spacial score (nSPS) is 10.2. The third-order valence-electron chi connectivity index (χ3n) is 2.75. The molecule has 0 aliphatic rings. The van der Waals surface area contributed by atoms with E-state index in [-0.39, 0.29) is 0 Å². The molecular weight excluding hydrogens is 262 g/mol. The molecule has 2 N–H and O–H groups in total. The summed E-state index contributed by atoms with van der Waals surface area (Å²) in [5.74, 6) is 0.286. The number of rotatable bonds is 4. The molecule has 0 bridgehead atoms. The lowest BCUT2D eigenvalue weighted by Crippen LogP contribution is -2.11. The summed E-state index contributed by atoms with van der Waals surface area (Å²) in [6.07, 6.45) is 0. The summed E-state index contributed by atoms with van der Waals surface area (Å²) >= 11 is 6.08. The van der Waals surface area contributed by atoms with Crippen molar-refractivity contribution in [1.82, 2.24) is 0 Å². The first kappa shape index (κ1) is 13.4. The molecular formula is C15H14ClNO2. The van der Waals surface area contributed by atoms with Gasteiger partial charge in [-0.05, 0) is 31.2 Å². The summed E-state index contributed by atoms with van der Waals surface area (Å²) in [5, 5.41) is 0.475. The van der Waals surface area contributed by atoms with E-state index in [0.29, 0.717) is 17.2 Å². The highest BCUT2D eigenvalue weighted by molar-refractivity contribution is 6.31. The molecule has 0 spiro atoms. The Morgan fingerprint density at radius 2 is 1.89 bits per heavy atom. The summed E-state index contributed by atoms with van der Waals surface area (Å²) in [5.41, 5.74) is 7.57. The maximum absolute atomic E-state index is 11.0. The number of amides is 1. The van der Waals surface area contributed by atoms with Gasteiger partial charge in [0.15, 0.2) is 0 Å². The second kappa shape index (κ2) is 5.76. The van der Waals surface area contributed by atoms with E-state index in [1.807, 2.05) is 31.2 Å². The number of nitrogens with two attached hydrogens (primary N) is 1. The Morgan fingerprint density at radius 1 is 1.21 bits per heavy atom. The molecule has 3 nitrogen and oxygen atoms in total. The molecule has 1 amide bonds. The Morgan fingerprint density at radius 3 is 2.47 bits per heavy atom. The molecule has 0 atom stereocenters. The van der Waals surface area contributed by atoms with Crippen LogP contribution < -0.4 is 10.5 Å². The fourth-order valence-electron chi connectivity index (χ4n) is 1.61. The molecule has 0 unspecified atom stereocenters. The lowest BCUT2D eigenvalue weighted by molar-refractivity contribution is 0.1000. The molecule has 0 aliphatic heterocycles. The van der Waals surface area contributed by atoms with Crippen molar-refractivity contribution < 1.29 is 9.53 Å². The van der Waals surface area contributed by atoms with E-state index < -0.39 is 5.91 Å². The van der Waals surface area contributed by atoms with Crippen LogP contribution in [0.3, 0.4) is 0 Å². The molecule has 0 saturated heterocycles. The zero-order valence-electron chi connectivity index (χ0n) is 10.5. The van der Waals surface area contributed by atoms with Crippen molar-refractivity contribution in [3.05, 3.63) is 64.2 Å². The minimum absolute atomic E-state index is 0.348. The first-order valence-corrected chi connectivity index (χ1v) is 6.22.